The number of Topliss-reactive ketones (excluding diaryl/α,β-unsaturated/α-hetero) is 1. The zero-order chi connectivity index (χ0) is 25.9. The summed E-state index contributed by atoms with van der Waals surface area (Å²) < 4.78 is 1.48. The van der Waals surface area contributed by atoms with E-state index in [1.807, 2.05) is 18.2 Å². The SMILES string of the molecule is Nc1cccc(-c2ccc(Cl)c(C(=O)Nc3cc(C(=O)N[C@@H]4CCC(=O)C4)nn3-c3ccccc3)c2)n1. The molecule has 2 aromatic heterocycles. The predicted molar refractivity (Wildman–Crippen MR) is 141 cm³/mol. The largest absolute Gasteiger partial charge is 0.384 e. The standard InChI is InChI=1S/C27H23ClN6O3/c28-21-12-9-16(22-7-4-8-24(29)31-22)13-20(21)26(36)32-25-15-23(27(37)30-17-10-11-19(35)14-17)33-34(25)18-5-2-1-3-6-18/h1-9,12-13,15,17H,10-11,14H2,(H2,29,31)(H,30,37)(H,32,36)/t17-/m1/s1. The number of hydrogen-bond donors (Lipinski definition) is 3. The van der Waals surface area contributed by atoms with Gasteiger partial charge in [0.2, 0.25) is 0 Å². The fourth-order valence-electron chi connectivity index (χ4n) is 4.20. The highest BCUT2D eigenvalue weighted by Gasteiger charge is 2.26. The minimum absolute atomic E-state index is 0.113. The highest BCUT2D eigenvalue weighted by molar-refractivity contribution is 6.34. The third-order valence-corrected chi connectivity index (χ3v) is 6.37. The lowest BCUT2D eigenvalue weighted by Crippen LogP contribution is -2.33. The van der Waals surface area contributed by atoms with Crippen molar-refractivity contribution in [3.05, 3.63) is 89.1 Å². The highest BCUT2D eigenvalue weighted by Crippen LogP contribution is 2.26. The van der Waals surface area contributed by atoms with Crippen LogP contribution in [0.4, 0.5) is 11.6 Å². The second-order valence-corrected chi connectivity index (χ2v) is 9.12. The van der Waals surface area contributed by atoms with E-state index in [9.17, 15) is 14.4 Å². The van der Waals surface area contributed by atoms with E-state index in [2.05, 4.69) is 20.7 Å². The fraction of sp³-hybridized carbons (Fsp3) is 0.148. The number of nitrogens with one attached hydrogen (secondary N) is 2. The normalized spacial score (nSPS) is 14.9. The number of pyridine rings is 1. The number of carbonyl (C=O) groups is 3. The molecule has 1 aliphatic rings. The number of halogens is 1. The van der Waals surface area contributed by atoms with Gasteiger partial charge in [-0.1, -0.05) is 41.9 Å². The van der Waals surface area contributed by atoms with Crippen LogP contribution in [0.3, 0.4) is 0 Å². The van der Waals surface area contributed by atoms with Gasteiger partial charge in [0.1, 0.15) is 17.4 Å². The molecule has 1 atom stereocenters. The Balaban J connectivity index is 1.45. The number of para-hydroxylation sites is 1. The molecular formula is C27H23ClN6O3. The Morgan fingerprint density at radius 2 is 1.81 bits per heavy atom. The smallest absolute Gasteiger partial charge is 0.272 e. The Kier molecular flexibility index (Phi) is 6.70. The topological polar surface area (TPSA) is 132 Å². The summed E-state index contributed by atoms with van der Waals surface area (Å²) in [5.41, 5.74) is 8.06. The van der Waals surface area contributed by atoms with E-state index < -0.39 is 11.8 Å². The van der Waals surface area contributed by atoms with E-state index in [0.717, 1.165) is 0 Å². The monoisotopic (exact) mass is 514 g/mol. The van der Waals surface area contributed by atoms with E-state index in [1.165, 1.54) is 10.7 Å². The van der Waals surface area contributed by atoms with Crippen LogP contribution < -0.4 is 16.4 Å². The number of rotatable bonds is 6. The Labute approximate surface area is 217 Å². The second kappa shape index (κ2) is 10.2. The van der Waals surface area contributed by atoms with Crippen LogP contribution in [0.2, 0.25) is 5.02 Å². The zero-order valence-corrected chi connectivity index (χ0v) is 20.4. The van der Waals surface area contributed by atoms with Crippen molar-refractivity contribution in [3.8, 4) is 16.9 Å². The molecule has 37 heavy (non-hydrogen) atoms. The van der Waals surface area contributed by atoms with Crippen molar-refractivity contribution in [3.63, 3.8) is 0 Å². The number of carbonyl (C=O) groups excluding carboxylic acids is 3. The van der Waals surface area contributed by atoms with Crippen molar-refractivity contribution in [2.45, 2.75) is 25.3 Å². The Morgan fingerprint density at radius 3 is 2.54 bits per heavy atom. The molecule has 0 aliphatic heterocycles. The summed E-state index contributed by atoms with van der Waals surface area (Å²) in [6, 6.07) is 20.6. The number of nitrogens with zero attached hydrogens (tertiary/aromatic N) is 3. The molecule has 0 unspecified atom stereocenters. The van der Waals surface area contributed by atoms with Crippen LogP contribution in [0.1, 0.15) is 40.1 Å². The van der Waals surface area contributed by atoms with Crippen LogP contribution in [-0.2, 0) is 4.79 Å². The maximum Gasteiger partial charge on any atom is 0.272 e. The molecule has 0 bridgehead atoms. The number of amides is 2. The van der Waals surface area contributed by atoms with E-state index in [-0.39, 0.29) is 33.9 Å². The fourth-order valence-corrected chi connectivity index (χ4v) is 4.40. The number of nitrogen functional groups attached to an aromatic ring is 1. The summed E-state index contributed by atoms with van der Waals surface area (Å²) in [5, 5.41) is 10.4. The minimum Gasteiger partial charge on any atom is -0.384 e. The number of hydrogen-bond acceptors (Lipinski definition) is 6. The molecule has 1 fully saturated rings. The lowest BCUT2D eigenvalue weighted by atomic mass is 10.1. The van der Waals surface area contributed by atoms with Gasteiger partial charge in [-0.15, -0.1) is 0 Å². The van der Waals surface area contributed by atoms with Gasteiger partial charge in [-0.2, -0.15) is 5.10 Å². The lowest BCUT2D eigenvalue weighted by Gasteiger charge is -2.11. The first kappa shape index (κ1) is 24.2. The second-order valence-electron chi connectivity index (χ2n) is 8.71. The molecule has 0 saturated heterocycles. The van der Waals surface area contributed by atoms with Gasteiger partial charge in [0.15, 0.2) is 5.69 Å². The van der Waals surface area contributed by atoms with Gasteiger partial charge in [0, 0.05) is 30.5 Å². The summed E-state index contributed by atoms with van der Waals surface area (Å²) in [6.45, 7) is 0. The summed E-state index contributed by atoms with van der Waals surface area (Å²) in [6.07, 6.45) is 1.37. The van der Waals surface area contributed by atoms with Gasteiger partial charge in [-0.3, -0.25) is 14.4 Å². The Hall–Kier alpha value is -4.50. The van der Waals surface area contributed by atoms with Crippen LogP contribution in [-0.4, -0.2) is 38.4 Å². The van der Waals surface area contributed by atoms with E-state index in [1.54, 1.807) is 48.5 Å². The third kappa shape index (κ3) is 5.36. The average Bonchev–Trinajstić information content (AvgIpc) is 3.50. The van der Waals surface area contributed by atoms with Crippen molar-refractivity contribution in [1.29, 1.82) is 0 Å². The molecule has 1 saturated carbocycles. The Morgan fingerprint density at radius 1 is 1.00 bits per heavy atom. The van der Waals surface area contributed by atoms with Gasteiger partial charge in [0.05, 0.1) is 22.0 Å². The first-order chi connectivity index (χ1) is 17.9. The van der Waals surface area contributed by atoms with Crippen molar-refractivity contribution in [2.24, 2.45) is 0 Å². The van der Waals surface area contributed by atoms with Crippen LogP contribution >= 0.6 is 11.6 Å². The first-order valence-electron chi connectivity index (χ1n) is 11.7. The van der Waals surface area contributed by atoms with Gasteiger partial charge >= 0.3 is 0 Å². The molecule has 10 heteroatoms. The molecule has 0 spiro atoms. The van der Waals surface area contributed by atoms with Crippen molar-refractivity contribution in [1.82, 2.24) is 20.1 Å². The molecule has 4 aromatic rings. The van der Waals surface area contributed by atoms with Gasteiger partial charge in [-0.25, -0.2) is 9.67 Å². The molecule has 2 aromatic carbocycles. The molecule has 186 valence electrons. The first-order valence-corrected chi connectivity index (χ1v) is 12.1. The molecule has 9 nitrogen and oxygen atoms in total. The van der Waals surface area contributed by atoms with Crippen LogP contribution in [0, 0.1) is 0 Å². The Bertz CT molecular complexity index is 1500. The van der Waals surface area contributed by atoms with Gasteiger partial charge in [-0.05, 0) is 42.8 Å². The van der Waals surface area contributed by atoms with Crippen LogP contribution in [0.25, 0.3) is 16.9 Å². The van der Waals surface area contributed by atoms with E-state index in [0.29, 0.717) is 42.0 Å². The molecule has 2 amide bonds. The van der Waals surface area contributed by atoms with Crippen molar-refractivity contribution < 1.29 is 14.4 Å². The zero-order valence-electron chi connectivity index (χ0n) is 19.6. The van der Waals surface area contributed by atoms with Gasteiger partial charge in [0.25, 0.3) is 11.8 Å². The number of ketones is 1. The lowest BCUT2D eigenvalue weighted by molar-refractivity contribution is -0.117. The molecule has 1 aliphatic carbocycles. The third-order valence-electron chi connectivity index (χ3n) is 6.04. The summed E-state index contributed by atoms with van der Waals surface area (Å²) in [7, 11) is 0. The van der Waals surface area contributed by atoms with Crippen LogP contribution in [0.15, 0.2) is 72.8 Å². The highest BCUT2D eigenvalue weighted by atomic mass is 35.5. The summed E-state index contributed by atoms with van der Waals surface area (Å²) >= 11 is 6.38. The molecule has 5 rings (SSSR count). The van der Waals surface area contributed by atoms with E-state index in [4.69, 9.17) is 17.3 Å². The number of aromatic nitrogens is 3. The maximum absolute atomic E-state index is 13.3. The van der Waals surface area contributed by atoms with Gasteiger partial charge < -0.3 is 16.4 Å². The summed E-state index contributed by atoms with van der Waals surface area (Å²) in [4.78, 5) is 42.1. The average molecular weight is 515 g/mol. The van der Waals surface area contributed by atoms with Crippen LogP contribution in [0.5, 0.6) is 0 Å². The van der Waals surface area contributed by atoms with Crippen molar-refractivity contribution >= 4 is 40.8 Å². The summed E-state index contributed by atoms with van der Waals surface area (Å²) in [5.74, 6) is -0.134. The maximum atomic E-state index is 13.3. The predicted octanol–water partition coefficient (Wildman–Crippen LogP) is 4.27. The number of benzene rings is 2. The number of nitrogens with two attached hydrogens (primary N) is 1. The molecular weight excluding hydrogens is 492 g/mol. The van der Waals surface area contributed by atoms with Crippen molar-refractivity contribution in [2.75, 3.05) is 11.1 Å². The molecule has 4 N–H and O–H groups in total. The minimum atomic E-state index is -0.485. The molecule has 0 radical (unpaired) electrons. The number of anilines is 2. The quantitative estimate of drug-likeness (QED) is 0.352. The molecule has 2 heterocycles. The van der Waals surface area contributed by atoms with E-state index >= 15 is 0 Å².